The van der Waals surface area contributed by atoms with Crippen molar-refractivity contribution in [3.63, 3.8) is 0 Å². The van der Waals surface area contributed by atoms with Crippen LogP contribution in [0.25, 0.3) is 0 Å². The van der Waals surface area contributed by atoms with E-state index in [-0.39, 0.29) is 5.82 Å². The molecular formula is C16H23BrFN. The zero-order valence-corrected chi connectivity index (χ0v) is 13.6. The number of halogens is 2. The van der Waals surface area contributed by atoms with Gasteiger partial charge in [0.25, 0.3) is 0 Å². The molecule has 19 heavy (non-hydrogen) atoms. The molecule has 0 amide bonds. The first-order valence-electron chi connectivity index (χ1n) is 7.10. The van der Waals surface area contributed by atoms with E-state index in [0.29, 0.717) is 17.4 Å². The van der Waals surface area contributed by atoms with Gasteiger partial charge in [0, 0.05) is 10.5 Å². The maximum Gasteiger partial charge on any atom is 0.124 e. The summed E-state index contributed by atoms with van der Waals surface area (Å²) in [5, 5.41) is 3.64. The van der Waals surface area contributed by atoms with Crippen LogP contribution in [0.2, 0.25) is 0 Å². The smallest absolute Gasteiger partial charge is 0.124 e. The summed E-state index contributed by atoms with van der Waals surface area (Å²) < 4.78 is 14.3. The summed E-state index contributed by atoms with van der Waals surface area (Å²) in [5.41, 5.74) is 1.51. The summed E-state index contributed by atoms with van der Waals surface area (Å²) in [6.45, 7) is 7.86. The largest absolute Gasteiger partial charge is 0.313 e. The maximum absolute atomic E-state index is 13.4. The summed E-state index contributed by atoms with van der Waals surface area (Å²) in [7, 11) is 0. The minimum atomic E-state index is -0.159. The SMILES string of the molecule is CCCNC(Cc1cc(F)cc(Br)c1)C1CC1(C)C. The van der Waals surface area contributed by atoms with E-state index >= 15 is 0 Å². The highest BCUT2D eigenvalue weighted by molar-refractivity contribution is 9.10. The molecule has 1 aliphatic carbocycles. The summed E-state index contributed by atoms with van der Waals surface area (Å²) in [6, 6.07) is 5.66. The van der Waals surface area contributed by atoms with E-state index in [2.05, 4.69) is 42.0 Å². The molecule has 1 aromatic rings. The van der Waals surface area contributed by atoms with Gasteiger partial charge < -0.3 is 5.32 Å². The van der Waals surface area contributed by atoms with Gasteiger partial charge in [-0.1, -0.05) is 36.7 Å². The quantitative estimate of drug-likeness (QED) is 0.808. The molecule has 0 radical (unpaired) electrons. The van der Waals surface area contributed by atoms with Crippen LogP contribution in [-0.2, 0) is 6.42 Å². The van der Waals surface area contributed by atoms with Crippen LogP contribution >= 0.6 is 15.9 Å². The van der Waals surface area contributed by atoms with Crippen molar-refractivity contribution in [3.8, 4) is 0 Å². The van der Waals surface area contributed by atoms with Crippen molar-refractivity contribution >= 4 is 15.9 Å². The third-order valence-corrected chi connectivity index (χ3v) is 4.57. The fraction of sp³-hybridized carbons (Fsp3) is 0.625. The van der Waals surface area contributed by atoms with E-state index in [1.807, 2.05) is 6.07 Å². The van der Waals surface area contributed by atoms with E-state index in [9.17, 15) is 4.39 Å². The molecule has 0 bridgehead atoms. The second kappa shape index (κ2) is 5.92. The monoisotopic (exact) mass is 327 g/mol. The second-order valence-corrected chi connectivity index (χ2v) is 7.26. The Bertz CT molecular complexity index is 424. The van der Waals surface area contributed by atoms with Crippen molar-refractivity contribution in [1.82, 2.24) is 5.32 Å². The van der Waals surface area contributed by atoms with E-state index in [4.69, 9.17) is 0 Å². The first-order valence-corrected chi connectivity index (χ1v) is 7.90. The minimum Gasteiger partial charge on any atom is -0.313 e. The Balaban J connectivity index is 2.07. The number of nitrogens with one attached hydrogen (secondary N) is 1. The van der Waals surface area contributed by atoms with Crippen LogP contribution in [-0.4, -0.2) is 12.6 Å². The van der Waals surface area contributed by atoms with Gasteiger partial charge in [0.2, 0.25) is 0 Å². The number of benzene rings is 1. The van der Waals surface area contributed by atoms with Gasteiger partial charge in [0.1, 0.15) is 5.82 Å². The molecular weight excluding hydrogens is 305 g/mol. The topological polar surface area (TPSA) is 12.0 Å². The molecule has 2 rings (SSSR count). The summed E-state index contributed by atoms with van der Waals surface area (Å²) in [4.78, 5) is 0. The Labute approximate surface area is 124 Å². The van der Waals surface area contributed by atoms with Crippen LogP contribution in [0, 0.1) is 17.2 Å². The first-order chi connectivity index (χ1) is 8.92. The standard InChI is InChI=1S/C16H23BrFN/c1-4-5-19-15(14-10-16(14,2)3)8-11-6-12(17)9-13(18)7-11/h6-7,9,14-15,19H,4-5,8,10H2,1-3H3. The molecule has 106 valence electrons. The normalized spacial score (nSPS) is 22.3. The summed E-state index contributed by atoms with van der Waals surface area (Å²) >= 11 is 3.37. The van der Waals surface area contributed by atoms with E-state index in [1.165, 1.54) is 12.5 Å². The first kappa shape index (κ1) is 15.0. The van der Waals surface area contributed by atoms with E-state index < -0.39 is 0 Å². The highest BCUT2D eigenvalue weighted by Crippen LogP contribution is 2.54. The lowest BCUT2D eigenvalue weighted by Gasteiger charge is -2.20. The molecule has 1 N–H and O–H groups in total. The fourth-order valence-corrected chi connectivity index (χ4v) is 3.38. The average molecular weight is 328 g/mol. The van der Waals surface area contributed by atoms with Gasteiger partial charge in [-0.2, -0.15) is 0 Å². The van der Waals surface area contributed by atoms with Crippen LogP contribution in [0.15, 0.2) is 22.7 Å². The maximum atomic E-state index is 13.4. The molecule has 2 unspecified atom stereocenters. The predicted molar refractivity (Wildman–Crippen MR) is 81.8 cm³/mol. The third kappa shape index (κ3) is 4.03. The number of hydrogen-bond acceptors (Lipinski definition) is 1. The number of hydrogen-bond donors (Lipinski definition) is 1. The second-order valence-electron chi connectivity index (χ2n) is 6.34. The van der Waals surface area contributed by atoms with E-state index in [1.54, 1.807) is 6.07 Å². The fourth-order valence-electron chi connectivity index (χ4n) is 2.86. The molecule has 1 aromatic carbocycles. The van der Waals surface area contributed by atoms with Crippen LogP contribution in [0.5, 0.6) is 0 Å². The predicted octanol–water partition coefficient (Wildman–Crippen LogP) is 4.55. The van der Waals surface area contributed by atoms with Crippen molar-refractivity contribution in [3.05, 3.63) is 34.1 Å². The molecule has 0 aliphatic heterocycles. The molecule has 1 nitrogen and oxygen atoms in total. The Morgan fingerprint density at radius 2 is 2.11 bits per heavy atom. The highest BCUT2D eigenvalue weighted by atomic mass is 79.9. The van der Waals surface area contributed by atoms with Crippen molar-refractivity contribution in [2.75, 3.05) is 6.54 Å². The minimum absolute atomic E-state index is 0.159. The van der Waals surface area contributed by atoms with Crippen LogP contribution in [0.4, 0.5) is 4.39 Å². The van der Waals surface area contributed by atoms with Gasteiger partial charge in [0.05, 0.1) is 0 Å². The van der Waals surface area contributed by atoms with Crippen molar-refractivity contribution in [2.45, 2.75) is 46.1 Å². The Morgan fingerprint density at radius 1 is 1.42 bits per heavy atom. The number of rotatable bonds is 6. The van der Waals surface area contributed by atoms with Gasteiger partial charge in [-0.25, -0.2) is 4.39 Å². The molecule has 1 aliphatic rings. The van der Waals surface area contributed by atoms with Crippen LogP contribution in [0.3, 0.4) is 0 Å². The molecule has 3 heteroatoms. The molecule has 0 spiro atoms. The Hall–Kier alpha value is -0.410. The van der Waals surface area contributed by atoms with Gasteiger partial charge in [-0.3, -0.25) is 0 Å². The van der Waals surface area contributed by atoms with Gasteiger partial charge in [0.15, 0.2) is 0 Å². The molecule has 1 saturated carbocycles. The lowest BCUT2D eigenvalue weighted by Crippen LogP contribution is -2.35. The van der Waals surface area contributed by atoms with Crippen molar-refractivity contribution in [2.24, 2.45) is 11.3 Å². The Morgan fingerprint density at radius 3 is 2.63 bits per heavy atom. The van der Waals surface area contributed by atoms with Crippen molar-refractivity contribution in [1.29, 1.82) is 0 Å². The van der Waals surface area contributed by atoms with E-state index in [0.717, 1.165) is 29.4 Å². The van der Waals surface area contributed by atoms with Crippen molar-refractivity contribution < 1.29 is 4.39 Å². The van der Waals surface area contributed by atoms with Gasteiger partial charge in [-0.05, 0) is 60.9 Å². The lowest BCUT2D eigenvalue weighted by molar-refractivity contribution is 0.402. The van der Waals surface area contributed by atoms with Crippen LogP contribution in [0.1, 0.15) is 39.2 Å². The molecule has 2 atom stereocenters. The summed E-state index contributed by atoms with van der Waals surface area (Å²) in [6.07, 6.45) is 3.31. The summed E-state index contributed by atoms with van der Waals surface area (Å²) in [5.74, 6) is 0.551. The van der Waals surface area contributed by atoms with Crippen LogP contribution < -0.4 is 5.32 Å². The zero-order chi connectivity index (χ0) is 14.0. The van der Waals surface area contributed by atoms with Gasteiger partial charge >= 0.3 is 0 Å². The third-order valence-electron chi connectivity index (χ3n) is 4.11. The molecule has 1 fully saturated rings. The highest BCUT2D eigenvalue weighted by Gasteiger charge is 2.49. The lowest BCUT2D eigenvalue weighted by atomic mass is 9.97. The molecule has 0 saturated heterocycles. The molecule has 0 heterocycles. The molecule has 0 aromatic heterocycles. The zero-order valence-electron chi connectivity index (χ0n) is 12.0. The Kier molecular flexibility index (Phi) is 4.67. The average Bonchev–Trinajstić information content (AvgIpc) is 2.92. The van der Waals surface area contributed by atoms with Gasteiger partial charge in [-0.15, -0.1) is 0 Å².